The van der Waals surface area contributed by atoms with E-state index in [9.17, 15) is 13.2 Å². The van der Waals surface area contributed by atoms with Gasteiger partial charge < -0.3 is 15.7 Å². The molecule has 11 nitrogen and oxygen atoms in total. The van der Waals surface area contributed by atoms with Gasteiger partial charge in [0, 0.05) is 51.3 Å². The number of carboxylic acids is 1. The number of carboxylic acid groups (broad SMARTS) is 1. The number of nitrogens with zero attached hydrogens (tertiary/aromatic N) is 4. The van der Waals surface area contributed by atoms with E-state index in [1.54, 1.807) is 43.1 Å². The van der Waals surface area contributed by atoms with Crippen LogP contribution in [0, 0.1) is 12.3 Å². The highest BCUT2D eigenvalue weighted by atomic mass is 35.5. The summed E-state index contributed by atoms with van der Waals surface area (Å²) in [5, 5.41) is 18.9. The molecule has 1 aromatic carbocycles. The number of nitrogen functional groups attached to an aromatic ring is 1. The molecule has 0 spiro atoms. The SMILES string of the molecule is CC(=O)O.Cc1nn(C)c(Cl)c1S(=O)(=O)N1CCN(C(=O)c2ccc(C(=N)N)cc2)CC1. The highest BCUT2D eigenvalue weighted by Gasteiger charge is 2.34. The average Bonchev–Trinajstić information content (AvgIpc) is 2.99. The summed E-state index contributed by atoms with van der Waals surface area (Å²) in [6.45, 7) is 3.56. The van der Waals surface area contributed by atoms with Gasteiger partial charge in [0.25, 0.3) is 11.9 Å². The van der Waals surface area contributed by atoms with Gasteiger partial charge in [-0.3, -0.25) is 19.7 Å². The Bertz CT molecular complexity index is 1120. The number of piperazine rings is 1. The van der Waals surface area contributed by atoms with Gasteiger partial charge in [-0.15, -0.1) is 0 Å². The van der Waals surface area contributed by atoms with Crippen LogP contribution in [-0.4, -0.2) is 76.4 Å². The highest BCUT2D eigenvalue weighted by Crippen LogP contribution is 2.28. The molecule has 1 aliphatic heterocycles. The number of nitrogens with one attached hydrogen (secondary N) is 1. The van der Waals surface area contributed by atoms with Crippen LogP contribution < -0.4 is 5.73 Å². The molecule has 1 saturated heterocycles. The van der Waals surface area contributed by atoms with Crippen LogP contribution in [0.4, 0.5) is 0 Å². The molecule has 32 heavy (non-hydrogen) atoms. The van der Waals surface area contributed by atoms with Crippen molar-refractivity contribution in [3.8, 4) is 0 Å². The molecule has 4 N–H and O–H groups in total. The fraction of sp³-hybridized carbons (Fsp3) is 0.368. The first kappa shape index (κ1) is 25.3. The third-order valence-corrected chi connectivity index (χ3v) is 7.26. The van der Waals surface area contributed by atoms with Crippen LogP contribution in [-0.2, 0) is 21.9 Å². The maximum atomic E-state index is 12.9. The van der Waals surface area contributed by atoms with Crippen LogP contribution in [0.1, 0.15) is 28.5 Å². The maximum absolute atomic E-state index is 12.9. The van der Waals surface area contributed by atoms with Gasteiger partial charge in [-0.25, -0.2) is 8.42 Å². The number of amidine groups is 1. The molecule has 1 aliphatic rings. The van der Waals surface area contributed by atoms with Gasteiger partial charge in [-0.2, -0.15) is 9.40 Å². The fourth-order valence-electron chi connectivity index (χ4n) is 3.14. The van der Waals surface area contributed by atoms with Crippen molar-refractivity contribution in [1.82, 2.24) is 19.0 Å². The summed E-state index contributed by atoms with van der Waals surface area (Å²) in [6.07, 6.45) is 0. The van der Waals surface area contributed by atoms with Gasteiger partial charge in [-0.05, 0) is 19.1 Å². The molecular formula is C19H25ClN6O5S. The molecule has 0 unspecified atom stereocenters. The number of sulfonamides is 1. The van der Waals surface area contributed by atoms with Gasteiger partial charge in [0.2, 0.25) is 10.0 Å². The van der Waals surface area contributed by atoms with E-state index in [1.807, 2.05) is 0 Å². The molecule has 1 fully saturated rings. The van der Waals surface area contributed by atoms with Crippen molar-refractivity contribution in [2.75, 3.05) is 26.2 Å². The van der Waals surface area contributed by atoms with Crippen molar-refractivity contribution >= 4 is 39.3 Å². The van der Waals surface area contributed by atoms with Gasteiger partial charge in [0.1, 0.15) is 15.9 Å². The number of nitrogens with two attached hydrogens (primary N) is 1. The number of aliphatic carboxylic acids is 1. The first-order chi connectivity index (χ1) is 14.9. The minimum Gasteiger partial charge on any atom is -0.481 e. The number of aryl methyl sites for hydroxylation is 2. The van der Waals surface area contributed by atoms with Crippen molar-refractivity contribution in [3.63, 3.8) is 0 Å². The molecule has 1 aromatic heterocycles. The van der Waals surface area contributed by atoms with E-state index in [-0.39, 0.29) is 48.0 Å². The Balaban J connectivity index is 0.000000837. The zero-order valence-corrected chi connectivity index (χ0v) is 19.4. The molecule has 0 bridgehead atoms. The van der Waals surface area contributed by atoms with E-state index in [1.165, 1.54) is 8.99 Å². The lowest BCUT2D eigenvalue weighted by molar-refractivity contribution is -0.134. The smallest absolute Gasteiger partial charge is 0.300 e. The number of benzene rings is 1. The van der Waals surface area contributed by atoms with Crippen LogP contribution in [0.2, 0.25) is 5.15 Å². The molecule has 2 aromatic rings. The molecule has 0 radical (unpaired) electrons. The van der Waals surface area contributed by atoms with Gasteiger partial charge in [-0.1, -0.05) is 23.7 Å². The number of halogens is 1. The molecular weight excluding hydrogens is 460 g/mol. The summed E-state index contributed by atoms with van der Waals surface area (Å²) in [6, 6.07) is 6.45. The molecule has 174 valence electrons. The number of hydrogen-bond donors (Lipinski definition) is 3. The van der Waals surface area contributed by atoms with E-state index in [0.29, 0.717) is 16.8 Å². The lowest BCUT2D eigenvalue weighted by Crippen LogP contribution is -2.50. The second-order valence-electron chi connectivity index (χ2n) is 7.04. The normalized spacial score (nSPS) is 14.4. The van der Waals surface area contributed by atoms with Gasteiger partial charge in [0.05, 0.1) is 5.69 Å². The third-order valence-electron chi connectivity index (χ3n) is 4.67. The van der Waals surface area contributed by atoms with Crippen LogP contribution in [0.5, 0.6) is 0 Å². The van der Waals surface area contributed by atoms with Crippen LogP contribution in [0.15, 0.2) is 29.2 Å². The van der Waals surface area contributed by atoms with Crippen molar-refractivity contribution in [3.05, 3.63) is 46.2 Å². The third kappa shape index (κ3) is 5.64. The van der Waals surface area contributed by atoms with E-state index in [4.69, 9.17) is 32.6 Å². The predicted octanol–water partition coefficient (Wildman–Crippen LogP) is 0.904. The second kappa shape index (κ2) is 10.1. The maximum Gasteiger partial charge on any atom is 0.300 e. The van der Waals surface area contributed by atoms with Crippen molar-refractivity contribution in [1.29, 1.82) is 5.41 Å². The summed E-state index contributed by atoms with van der Waals surface area (Å²) in [4.78, 5) is 23.3. The summed E-state index contributed by atoms with van der Waals surface area (Å²) >= 11 is 6.12. The van der Waals surface area contributed by atoms with Crippen LogP contribution in [0.25, 0.3) is 0 Å². The number of carbonyl (C=O) groups excluding carboxylic acids is 1. The number of hydrogen-bond acceptors (Lipinski definition) is 6. The Labute approximate surface area is 190 Å². The zero-order chi connectivity index (χ0) is 24.2. The highest BCUT2D eigenvalue weighted by molar-refractivity contribution is 7.89. The number of rotatable bonds is 4. The Morgan fingerprint density at radius 1 is 1.12 bits per heavy atom. The quantitative estimate of drug-likeness (QED) is 0.428. The van der Waals surface area contributed by atoms with Crippen molar-refractivity contribution in [2.45, 2.75) is 18.7 Å². The van der Waals surface area contributed by atoms with Gasteiger partial charge in [0.15, 0.2) is 0 Å². The summed E-state index contributed by atoms with van der Waals surface area (Å²) < 4.78 is 28.5. The molecule has 2 heterocycles. The zero-order valence-electron chi connectivity index (χ0n) is 17.9. The number of carbonyl (C=O) groups is 2. The minimum absolute atomic E-state index is 0.0104. The minimum atomic E-state index is -3.79. The summed E-state index contributed by atoms with van der Waals surface area (Å²) in [5.74, 6) is -1.09. The monoisotopic (exact) mass is 484 g/mol. The fourth-order valence-corrected chi connectivity index (χ4v) is 5.27. The average molecular weight is 485 g/mol. The van der Waals surface area contributed by atoms with Crippen LogP contribution >= 0.6 is 11.6 Å². The van der Waals surface area contributed by atoms with Gasteiger partial charge >= 0.3 is 0 Å². The Kier molecular flexibility index (Phi) is 7.99. The van der Waals surface area contributed by atoms with Crippen molar-refractivity contribution in [2.24, 2.45) is 12.8 Å². The summed E-state index contributed by atoms with van der Waals surface area (Å²) in [5.41, 5.74) is 6.77. The Morgan fingerprint density at radius 3 is 2.00 bits per heavy atom. The first-order valence-electron chi connectivity index (χ1n) is 9.48. The van der Waals surface area contributed by atoms with E-state index < -0.39 is 16.0 Å². The second-order valence-corrected chi connectivity index (χ2v) is 9.27. The molecule has 0 atom stereocenters. The molecule has 0 aliphatic carbocycles. The number of amides is 1. The lowest BCUT2D eigenvalue weighted by atomic mass is 10.1. The molecule has 0 saturated carbocycles. The molecule has 13 heteroatoms. The van der Waals surface area contributed by atoms with Crippen LogP contribution in [0.3, 0.4) is 0 Å². The standard InChI is InChI=1S/C17H21ClN6O3S.C2H4O2/c1-11-14(15(18)22(2)21-11)28(26,27)24-9-7-23(8-10-24)17(25)13-5-3-12(4-6-13)16(19)20;1-2(3)4/h3-6H,7-10H2,1-2H3,(H3,19,20);1H3,(H,3,4). The summed E-state index contributed by atoms with van der Waals surface area (Å²) in [7, 11) is -2.20. The Hall–Kier alpha value is -2.96. The predicted molar refractivity (Wildman–Crippen MR) is 118 cm³/mol. The van der Waals surface area contributed by atoms with E-state index in [0.717, 1.165) is 6.92 Å². The Morgan fingerprint density at radius 2 is 1.59 bits per heavy atom. The van der Waals surface area contributed by atoms with E-state index in [2.05, 4.69) is 5.10 Å². The molecule has 1 amide bonds. The lowest BCUT2D eigenvalue weighted by Gasteiger charge is -2.34. The largest absolute Gasteiger partial charge is 0.481 e. The topological polar surface area (TPSA) is 163 Å². The first-order valence-corrected chi connectivity index (χ1v) is 11.3. The van der Waals surface area contributed by atoms with Crippen molar-refractivity contribution < 1.29 is 23.1 Å². The van der Waals surface area contributed by atoms with E-state index >= 15 is 0 Å². The molecule has 3 rings (SSSR count). The number of aromatic nitrogens is 2.